The summed E-state index contributed by atoms with van der Waals surface area (Å²) in [5, 5.41) is 18.4. The van der Waals surface area contributed by atoms with Crippen molar-refractivity contribution in [2.45, 2.75) is 58.0 Å². The molecule has 0 aliphatic heterocycles. The summed E-state index contributed by atoms with van der Waals surface area (Å²) >= 11 is 0. The van der Waals surface area contributed by atoms with E-state index < -0.39 is 5.60 Å². The highest BCUT2D eigenvalue weighted by atomic mass is 16.3. The molecule has 0 spiro atoms. The van der Waals surface area contributed by atoms with Gasteiger partial charge in [-0.2, -0.15) is 5.10 Å². The molecule has 4 N–H and O–H groups in total. The summed E-state index contributed by atoms with van der Waals surface area (Å²) in [6, 6.07) is 0. The van der Waals surface area contributed by atoms with Crippen LogP contribution in [0.1, 0.15) is 58.1 Å². The zero-order valence-corrected chi connectivity index (χ0v) is 13.1. The fourth-order valence-corrected chi connectivity index (χ4v) is 3.24. The van der Waals surface area contributed by atoms with Gasteiger partial charge in [-0.3, -0.25) is 4.68 Å². The zero-order chi connectivity index (χ0) is 14.9. The molecule has 0 saturated heterocycles. The topological polar surface area (TPSA) is 76.1 Å². The highest BCUT2D eigenvalue weighted by molar-refractivity contribution is 5.65. The first kappa shape index (κ1) is 15.2. The number of aromatic nitrogens is 2. The number of aryl methyl sites for hydroxylation is 1. The second kappa shape index (κ2) is 5.64. The van der Waals surface area contributed by atoms with Crippen LogP contribution in [0.15, 0.2) is 0 Å². The van der Waals surface area contributed by atoms with Gasteiger partial charge >= 0.3 is 0 Å². The third-order valence-corrected chi connectivity index (χ3v) is 4.31. The van der Waals surface area contributed by atoms with Gasteiger partial charge < -0.3 is 16.2 Å². The quantitative estimate of drug-likeness (QED) is 0.792. The van der Waals surface area contributed by atoms with Gasteiger partial charge in [-0.15, -0.1) is 0 Å². The molecule has 1 saturated carbocycles. The van der Waals surface area contributed by atoms with Gasteiger partial charge in [0, 0.05) is 13.6 Å². The lowest BCUT2D eigenvalue weighted by molar-refractivity contribution is -0.000858. The Morgan fingerprint density at radius 1 is 1.55 bits per heavy atom. The lowest BCUT2D eigenvalue weighted by Gasteiger charge is -2.35. The van der Waals surface area contributed by atoms with E-state index in [9.17, 15) is 5.11 Å². The van der Waals surface area contributed by atoms with E-state index in [4.69, 9.17) is 5.73 Å². The molecule has 5 heteroatoms. The normalized spacial score (nSPS) is 27.0. The van der Waals surface area contributed by atoms with Gasteiger partial charge in [-0.05, 0) is 24.7 Å². The number of aliphatic hydroxyl groups is 1. The second-order valence-corrected chi connectivity index (χ2v) is 6.71. The van der Waals surface area contributed by atoms with Crippen LogP contribution >= 0.6 is 0 Å². The van der Waals surface area contributed by atoms with Crippen LogP contribution in [-0.4, -0.2) is 27.0 Å². The monoisotopic (exact) mass is 280 g/mol. The second-order valence-electron chi connectivity index (χ2n) is 6.71. The minimum Gasteiger partial charge on any atom is -0.394 e. The molecule has 0 amide bonds. The Labute approximate surface area is 121 Å². The summed E-state index contributed by atoms with van der Waals surface area (Å²) in [5.41, 5.74) is 7.16. The number of nitrogens with one attached hydrogen (secondary N) is 1. The maximum atomic E-state index is 10.7. The Hall–Kier alpha value is -1.23. The summed E-state index contributed by atoms with van der Waals surface area (Å²) in [5.74, 6) is 1.71. The first-order chi connectivity index (χ1) is 9.32. The molecule has 0 radical (unpaired) electrons. The Balaban J connectivity index is 2.07. The van der Waals surface area contributed by atoms with Crippen molar-refractivity contribution >= 4 is 11.5 Å². The molecule has 1 aliphatic rings. The lowest BCUT2D eigenvalue weighted by Crippen LogP contribution is -2.41. The largest absolute Gasteiger partial charge is 0.394 e. The fraction of sp³-hybridized carbons (Fsp3) is 0.800. The maximum Gasteiger partial charge on any atom is 0.147 e. The predicted octanol–water partition coefficient (Wildman–Crippen LogP) is 2.48. The van der Waals surface area contributed by atoms with E-state index in [0.29, 0.717) is 24.1 Å². The molecule has 2 unspecified atom stereocenters. The van der Waals surface area contributed by atoms with Gasteiger partial charge in [0.05, 0.1) is 17.0 Å². The van der Waals surface area contributed by atoms with Gasteiger partial charge in [-0.1, -0.05) is 33.6 Å². The molecule has 2 rings (SSSR count). The van der Waals surface area contributed by atoms with Gasteiger partial charge in [-0.25, -0.2) is 0 Å². The number of hydrogen-bond acceptors (Lipinski definition) is 4. The molecular weight excluding hydrogens is 252 g/mol. The molecule has 20 heavy (non-hydrogen) atoms. The number of nitrogen functional groups attached to an aromatic ring is 1. The van der Waals surface area contributed by atoms with Crippen LogP contribution in [-0.2, 0) is 7.05 Å². The number of anilines is 2. The van der Waals surface area contributed by atoms with Crippen molar-refractivity contribution in [3.63, 3.8) is 0 Å². The van der Waals surface area contributed by atoms with Crippen molar-refractivity contribution in [3.8, 4) is 0 Å². The molecule has 1 aromatic heterocycles. The summed E-state index contributed by atoms with van der Waals surface area (Å²) in [6.07, 6.45) is 4.03. The van der Waals surface area contributed by atoms with Crippen molar-refractivity contribution in [2.24, 2.45) is 13.0 Å². The van der Waals surface area contributed by atoms with Gasteiger partial charge in [0.25, 0.3) is 0 Å². The van der Waals surface area contributed by atoms with Crippen LogP contribution < -0.4 is 11.1 Å². The first-order valence-corrected chi connectivity index (χ1v) is 7.61. The molecule has 1 aromatic rings. The van der Waals surface area contributed by atoms with Crippen LogP contribution in [0.3, 0.4) is 0 Å². The zero-order valence-electron chi connectivity index (χ0n) is 13.1. The van der Waals surface area contributed by atoms with Crippen molar-refractivity contribution in [3.05, 3.63) is 5.69 Å². The number of nitrogens with zero attached hydrogens (tertiary/aromatic N) is 2. The molecule has 5 nitrogen and oxygen atoms in total. The molecule has 1 fully saturated rings. The van der Waals surface area contributed by atoms with E-state index in [-0.39, 0.29) is 0 Å². The highest BCUT2D eigenvalue weighted by Crippen LogP contribution is 2.33. The molecule has 0 aromatic carbocycles. The molecule has 0 bridgehead atoms. The van der Waals surface area contributed by atoms with Crippen LogP contribution in [0.25, 0.3) is 0 Å². The number of rotatable bonds is 4. The maximum absolute atomic E-state index is 10.7. The van der Waals surface area contributed by atoms with Gasteiger partial charge in [0.15, 0.2) is 0 Å². The average Bonchev–Trinajstić information content (AvgIpc) is 2.62. The van der Waals surface area contributed by atoms with Crippen LogP contribution in [0.4, 0.5) is 11.5 Å². The van der Waals surface area contributed by atoms with E-state index >= 15 is 0 Å². The van der Waals surface area contributed by atoms with Crippen LogP contribution in [0.2, 0.25) is 0 Å². The lowest BCUT2D eigenvalue weighted by atomic mass is 9.79. The van der Waals surface area contributed by atoms with Gasteiger partial charge in [0.1, 0.15) is 5.82 Å². The highest BCUT2D eigenvalue weighted by Gasteiger charge is 2.33. The van der Waals surface area contributed by atoms with Crippen molar-refractivity contribution < 1.29 is 5.11 Å². The van der Waals surface area contributed by atoms with E-state index in [1.54, 1.807) is 4.68 Å². The third kappa shape index (κ3) is 3.08. The molecule has 114 valence electrons. The Bertz CT molecular complexity index is 469. The predicted molar refractivity (Wildman–Crippen MR) is 82.8 cm³/mol. The standard InChI is InChI=1S/C15H28N4O/c1-10(2)13-12(16)14(19(4)18-13)17-9-15(20)7-5-6-11(3)8-15/h10-11,17,20H,5-9,16H2,1-4H3. The van der Waals surface area contributed by atoms with E-state index in [2.05, 4.69) is 31.2 Å². The summed E-state index contributed by atoms with van der Waals surface area (Å²) in [6.45, 7) is 6.91. The molecule has 1 aliphatic carbocycles. The SMILES string of the molecule is CC1CCCC(O)(CNc2c(N)c(C(C)C)nn2C)C1. The Morgan fingerprint density at radius 2 is 2.25 bits per heavy atom. The fourth-order valence-electron chi connectivity index (χ4n) is 3.24. The smallest absolute Gasteiger partial charge is 0.147 e. The molecular formula is C15H28N4O. The average molecular weight is 280 g/mol. The van der Waals surface area contributed by atoms with Crippen LogP contribution in [0.5, 0.6) is 0 Å². The number of nitrogens with two attached hydrogens (primary N) is 1. The third-order valence-electron chi connectivity index (χ3n) is 4.31. The Kier molecular flexibility index (Phi) is 4.28. The van der Waals surface area contributed by atoms with Crippen molar-refractivity contribution in [2.75, 3.05) is 17.6 Å². The minimum atomic E-state index is -0.619. The molecule has 1 heterocycles. The first-order valence-electron chi connectivity index (χ1n) is 7.61. The summed E-state index contributed by atoms with van der Waals surface area (Å²) in [4.78, 5) is 0. The number of hydrogen-bond donors (Lipinski definition) is 3. The Morgan fingerprint density at radius 3 is 2.80 bits per heavy atom. The van der Waals surface area contributed by atoms with Gasteiger partial charge in [0.2, 0.25) is 0 Å². The summed E-state index contributed by atoms with van der Waals surface area (Å²) < 4.78 is 1.78. The molecule has 2 atom stereocenters. The van der Waals surface area contributed by atoms with Crippen LogP contribution in [0, 0.1) is 5.92 Å². The van der Waals surface area contributed by atoms with Crippen molar-refractivity contribution in [1.29, 1.82) is 0 Å². The van der Waals surface area contributed by atoms with Crippen molar-refractivity contribution in [1.82, 2.24) is 9.78 Å². The van der Waals surface area contributed by atoms with E-state index in [0.717, 1.165) is 30.8 Å². The van der Waals surface area contributed by atoms with E-state index in [1.165, 1.54) is 6.42 Å². The summed E-state index contributed by atoms with van der Waals surface area (Å²) in [7, 11) is 1.89. The van der Waals surface area contributed by atoms with E-state index in [1.807, 2.05) is 7.05 Å². The minimum absolute atomic E-state index is 0.300.